The van der Waals surface area contributed by atoms with Crippen molar-refractivity contribution in [1.82, 2.24) is 5.06 Å². The molecule has 15 heavy (non-hydrogen) atoms. The van der Waals surface area contributed by atoms with E-state index in [2.05, 4.69) is 0 Å². The molecule has 0 aliphatic rings. The normalized spacial score (nSPS) is 11.6. The van der Waals surface area contributed by atoms with Crippen molar-refractivity contribution >= 4 is 47.2 Å². The summed E-state index contributed by atoms with van der Waals surface area (Å²) in [6.45, 7) is 0.569. The molecule has 94 valence electrons. The van der Waals surface area contributed by atoms with Crippen molar-refractivity contribution in [3.8, 4) is 0 Å². The molecule has 0 aromatic carbocycles. The van der Waals surface area contributed by atoms with E-state index in [4.69, 9.17) is 34.8 Å². The molecule has 0 rings (SSSR count). The molecule has 0 atom stereocenters. The molecular weight excluding hydrogens is 280 g/mol. The minimum absolute atomic E-state index is 0. The average Bonchev–Trinajstić information content (AvgIpc) is 2.03. The number of rotatable bonds is 8. The van der Waals surface area contributed by atoms with Crippen molar-refractivity contribution in [1.29, 1.82) is 0 Å². The molecule has 0 heterocycles. The maximum Gasteiger partial charge on any atom is 0.0292 e. The van der Waals surface area contributed by atoms with Crippen molar-refractivity contribution in [2.75, 3.05) is 31.2 Å². The maximum atomic E-state index is 9.27. The summed E-state index contributed by atoms with van der Waals surface area (Å²) in [5.74, 6) is 1.71. The van der Waals surface area contributed by atoms with Gasteiger partial charge in [0.25, 0.3) is 0 Å². The van der Waals surface area contributed by atoms with Gasteiger partial charge in [0.05, 0.1) is 0 Å². The Morgan fingerprint density at radius 2 is 1.33 bits per heavy atom. The van der Waals surface area contributed by atoms with E-state index in [1.807, 2.05) is 0 Å². The third-order valence-electron chi connectivity index (χ3n) is 2.44. The molecule has 0 aromatic rings. The van der Waals surface area contributed by atoms with Crippen LogP contribution in [0.3, 0.4) is 0 Å². The first kappa shape index (κ1) is 18.4. The lowest BCUT2D eigenvalue weighted by molar-refractivity contribution is -0.0959. The Morgan fingerprint density at radius 3 is 1.53 bits per heavy atom. The molecule has 0 saturated heterocycles. The van der Waals surface area contributed by atoms with E-state index in [-0.39, 0.29) is 17.8 Å². The molecule has 0 fully saturated rings. The lowest BCUT2D eigenvalue weighted by Gasteiger charge is -2.34. The van der Waals surface area contributed by atoms with E-state index in [1.165, 1.54) is 5.06 Å². The zero-order valence-electron chi connectivity index (χ0n) is 8.89. The van der Waals surface area contributed by atoms with Gasteiger partial charge < -0.3 is 5.21 Å². The molecule has 0 bridgehead atoms. The summed E-state index contributed by atoms with van der Waals surface area (Å²) in [4.78, 5) is 0. The Bertz CT molecular complexity index is 129. The van der Waals surface area contributed by atoms with Crippen LogP contribution in [-0.4, -0.2) is 41.5 Å². The molecule has 0 aliphatic carbocycles. The van der Waals surface area contributed by atoms with Crippen LogP contribution in [0, 0.1) is 5.41 Å². The highest BCUT2D eigenvalue weighted by molar-refractivity contribution is 6.18. The van der Waals surface area contributed by atoms with Crippen molar-refractivity contribution in [3.63, 3.8) is 0 Å². The number of hydrogen-bond donors (Lipinski definition) is 1. The van der Waals surface area contributed by atoms with Crippen molar-refractivity contribution in [2.45, 2.75) is 19.3 Å². The fourth-order valence-electron chi connectivity index (χ4n) is 1.70. The van der Waals surface area contributed by atoms with Crippen molar-refractivity contribution < 1.29 is 5.21 Å². The second kappa shape index (κ2) is 10.2. The molecule has 0 unspecified atom stereocenters. The molecule has 0 aliphatic heterocycles. The van der Waals surface area contributed by atoms with Gasteiger partial charge in [-0.25, -0.2) is 0 Å². The quantitative estimate of drug-likeness (QED) is 0.547. The topological polar surface area (TPSA) is 23.5 Å². The first-order valence-electron chi connectivity index (χ1n) is 4.68. The predicted molar refractivity (Wildman–Crippen MR) is 70.1 cm³/mol. The van der Waals surface area contributed by atoms with Gasteiger partial charge >= 0.3 is 0 Å². The Balaban J connectivity index is 0. The van der Waals surface area contributed by atoms with Gasteiger partial charge in [-0.1, -0.05) is 0 Å². The van der Waals surface area contributed by atoms with Crippen LogP contribution in [0.15, 0.2) is 0 Å². The highest BCUT2D eigenvalue weighted by Gasteiger charge is 2.29. The summed E-state index contributed by atoms with van der Waals surface area (Å²) < 4.78 is 0. The number of alkyl halides is 3. The van der Waals surface area contributed by atoms with Crippen molar-refractivity contribution in [2.24, 2.45) is 5.41 Å². The van der Waals surface area contributed by atoms with Gasteiger partial charge in [0.1, 0.15) is 0 Å². The molecule has 0 radical (unpaired) electrons. The van der Waals surface area contributed by atoms with Crippen LogP contribution >= 0.6 is 47.2 Å². The van der Waals surface area contributed by atoms with Gasteiger partial charge in [-0.2, -0.15) is 5.06 Å². The number of nitrogens with zero attached hydrogens (tertiary/aromatic N) is 1. The fraction of sp³-hybridized carbons (Fsp3) is 1.00. The second-order valence-corrected chi connectivity index (χ2v) is 4.77. The van der Waals surface area contributed by atoms with Gasteiger partial charge in [-0.15, -0.1) is 47.2 Å². The summed E-state index contributed by atoms with van der Waals surface area (Å²) >= 11 is 17.3. The summed E-state index contributed by atoms with van der Waals surface area (Å²) in [6.07, 6.45) is 2.50. The summed E-state index contributed by atoms with van der Waals surface area (Å²) in [6, 6.07) is 0. The third kappa shape index (κ3) is 7.89. The Kier molecular flexibility index (Phi) is 12.6. The standard InChI is InChI=1S/C9H18Cl3NO.ClH/c1-13(14)8-9(2-5-10,3-6-11)4-7-12;/h14H,2-8H2,1H3;1H. The van der Waals surface area contributed by atoms with E-state index in [9.17, 15) is 5.21 Å². The Labute approximate surface area is 113 Å². The molecule has 0 aromatic heterocycles. The maximum absolute atomic E-state index is 9.27. The summed E-state index contributed by atoms with van der Waals surface area (Å²) in [5, 5.41) is 10.5. The third-order valence-corrected chi connectivity index (χ3v) is 3.01. The molecule has 0 spiro atoms. The largest absolute Gasteiger partial charge is 0.314 e. The van der Waals surface area contributed by atoms with Crippen LogP contribution < -0.4 is 0 Å². The zero-order chi connectivity index (χ0) is 11.0. The molecule has 0 saturated carbocycles. The van der Waals surface area contributed by atoms with Gasteiger partial charge in [0.15, 0.2) is 0 Å². The van der Waals surface area contributed by atoms with E-state index in [1.54, 1.807) is 7.05 Å². The van der Waals surface area contributed by atoms with Crippen LogP contribution in [0.2, 0.25) is 0 Å². The van der Waals surface area contributed by atoms with Crippen LogP contribution in [0.1, 0.15) is 19.3 Å². The Hall–Kier alpha value is 1.08. The van der Waals surface area contributed by atoms with Crippen LogP contribution in [0.4, 0.5) is 0 Å². The minimum Gasteiger partial charge on any atom is -0.314 e. The molecule has 0 amide bonds. The molecule has 6 heteroatoms. The molecule has 2 nitrogen and oxygen atoms in total. The fourth-order valence-corrected chi connectivity index (χ4v) is 2.90. The van der Waals surface area contributed by atoms with Gasteiger partial charge in [-0.05, 0) is 24.7 Å². The SMILES string of the molecule is CN(O)CC(CCCl)(CCCl)CCCl.Cl. The number of halogens is 4. The number of hydrogen-bond acceptors (Lipinski definition) is 2. The lowest BCUT2D eigenvalue weighted by Crippen LogP contribution is -2.35. The highest BCUT2D eigenvalue weighted by atomic mass is 35.5. The zero-order valence-corrected chi connectivity index (χ0v) is 12.0. The number of hydroxylamine groups is 2. The van der Waals surface area contributed by atoms with Crippen molar-refractivity contribution in [3.05, 3.63) is 0 Å². The Morgan fingerprint density at radius 1 is 1.00 bits per heavy atom. The molecular formula is C9H19Cl4NO. The van der Waals surface area contributed by atoms with E-state index < -0.39 is 0 Å². The van der Waals surface area contributed by atoms with Gasteiger partial charge in [0.2, 0.25) is 0 Å². The van der Waals surface area contributed by atoms with E-state index in [0.29, 0.717) is 24.2 Å². The first-order chi connectivity index (χ1) is 6.60. The van der Waals surface area contributed by atoms with Crippen LogP contribution in [0.25, 0.3) is 0 Å². The minimum atomic E-state index is -0.0469. The van der Waals surface area contributed by atoms with E-state index in [0.717, 1.165) is 19.3 Å². The monoisotopic (exact) mass is 297 g/mol. The summed E-state index contributed by atoms with van der Waals surface area (Å²) in [7, 11) is 1.63. The lowest BCUT2D eigenvalue weighted by atomic mass is 9.79. The molecule has 1 N–H and O–H groups in total. The average molecular weight is 299 g/mol. The second-order valence-electron chi connectivity index (χ2n) is 3.63. The van der Waals surface area contributed by atoms with Crippen LogP contribution in [0.5, 0.6) is 0 Å². The van der Waals surface area contributed by atoms with E-state index >= 15 is 0 Å². The van der Waals surface area contributed by atoms with Gasteiger partial charge in [0, 0.05) is 31.2 Å². The first-order valence-corrected chi connectivity index (χ1v) is 6.28. The highest BCUT2D eigenvalue weighted by Crippen LogP contribution is 2.33. The summed E-state index contributed by atoms with van der Waals surface area (Å²) in [5.41, 5.74) is -0.0469. The van der Waals surface area contributed by atoms with Gasteiger partial charge in [-0.3, -0.25) is 0 Å². The van der Waals surface area contributed by atoms with Crippen LogP contribution in [-0.2, 0) is 0 Å². The predicted octanol–water partition coefficient (Wildman–Crippen LogP) is 3.60. The smallest absolute Gasteiger partial charge is 0.0292 e.